The van der Waals surface area contributed by atoms with E-state index in [1.54, 1.807) is 12.1 Å². The minimum absolute atomic E-state index is 0.215. The van der Waals surface area contributed by atoms with Gasteiger partial charge in [-0.25, -0.2) is 9.18 Å². The van der Waals surface area contributed by atoms with Gasteiger partial charge in [-0.05, 0) is 53.3 Å². The molecule has 1 amide bonds. The summed E-state index contributed by atoms with van der Waals surface area (Å²) in [5, 5.41) is 0. The van der Waals surface area contributed by atoms with E-state index in [4.69, 9.17) is 10.5 Å². The maximum absolute atomic E-state index is 13.6. The smallest absolute Gasteiger partial charge is 0.405 e. The van der Waals surface area contributed by atoms with Gasteiger partial charge in [0.25, 0.3) is 0 Å². The van der Waals surface area contributed by atoms with Crippen LogP contribution < -0.4 is 5.73 Å². The summed E-state index contributed by atoms with van der Waals surface area (Å²) in [4.78, 5) is 11.2. The lowest BCUT2D eigenvalue weighted by atomic mass is 9.87. The van der Waals surface area contributed by atoms with Crippen molar-refractivity contribution in [3.8, 4) is 11.1 Å². The summed E-state index contributed by atoms with van der Waals surface area (Å²) >= 11 is 0. The number of hydrogen-bond acceptors (Lipinski definition) is 2. The average Bonchev–Trinajstić information content (AvgIpc) is 2.71. The fraction of sp³-hybridized carbons (Fsp3) is 0.316. The van der Waals surface area contributed by atoms with Crippen molar-refractivity contribution in [3.05, 3.63) is 58.9 Å². The third-order valence-electron chi connectivity index (χ3n) is 4.53. The lowest BCUT2D eigenvalue weighted by Crippen LogP contribution is -2.25. The fourth-order valence-corrected chi connectivity index (χ4v) is 3.43. The summed E-state index contributed by atoms with van der Waals surface area (Å²) in [5.74, 6) is -0.249. The number of nitrogens with two attached hydrogens (primary N) is 1. The van der Waals surface area contributed by atoms with Crippen LogP contribution in [-0.4, -0.2) is 6.09 Å². The first-order valence-electron chi connectivity index (χ1n) is 7.63. The summed E-state index contributed by atoms with van der Waals surface area (Å²) in [6.07, 6.45) is -0.332. The number of benzene rings is 2. The molecule has 2 N–H and O–H groups in total. The number of primary amides is 1. The number of rotatable bonds is 2. The van der Waals surface area contributed by atoms with Crippen molar-refractivity contribution in [2.24, 2.45) is 11.1 Å². The second kappa shape index (κ2) is 5.37. The average molecular weight is 313 g/mol. The van der Waals surface area contributed by atoms with E-state index in [9.17, 15) is 9.18 Å². The zero-order valence-electron chi connectivity index (χ0n) is 13.5. The van der Waals surface area contributed by atoms with Gasteiger partial charge in [0.05, 0.1) is 0 Å². The second-order valence-corrected chi connectivity index (χ2v) is 6.86. The SMILES string of the molecule is Cc1ccc(F)cc1-c1ccc2c(c1)CC(C)(C)C2OC(N)=O. The van der Waals surface area contributed by atoms with Crippen molar-refractivity contribution in [3.63, 3.8) is 0 Å². The number of halogens is 1. The highest BCUT2D eigenvalue weighted by Crippen LogP contribution is 2.48. The van der Waals surface area contributed by atoms with Gasteiger partial charge < -0.3 is 10.5 Å². The molecule has 0 spiro atoms. The molecule has 2 aromatic carbocycles. The first-order chi connectivity index (χ1) is 10.8. The van der Waals surface area contributed by atoms with Gasteiger partial charge in [-0.2, -0.15) is 0 Å². The van der Waals surface area contributed by atoms with Crippen LogP contribution in [0.4, 0.5) is 9.18 Å². The lowest BCUT2D eigenvalue weighted by molar-refractivity contribution is 0.0392. The van der Waals surface area contributed by atoms with Crippen molar-refractivity contribution < 1.29 is 13.9 Å². The predicted molar refractivity (Wildman–Crippen MR) is 87.5 cm³/mol. The summed E-state index contributed by atoms with van der Waals surface area (Å²) in [7, 11) is 0. The Balaban J connectivity index is 2.05. The van der Waals surface area contributed by atoms with E-state index in [0.29, 0.717) is 0 Å². The van der Waals surface area contributed by atoms with Crippen LogP contribution in [-0.2, 0) is 11.2 Å². The van der Waals surface area contributed by atoms with Crippen LogP contribution in [0, 0.1) is 18.2 Å². The van der Waals surface area contributed by atoms with Gasteiger partial charge in [0, 0.05) is 5.41 Å². The molecule has 2 aromatic rings. The fourth-order valence-electron chi connectivity index (χ4n) is 3.43. The second-order valence-electron chi connectivity index (χ2n) is 6.86. The Kier molecular flexibility index (Phi) is 3.63. The van der Waals surface area contributed by atoms with E-state index in [0.717, 1.165) is 34.2 Å². The highest BCUT2D eigenvalue weighted by atomic mass is 19.1. The Bertz CT molecular complexity index is 783. The Morgan fingerprint density at radius 2 is 2.00 bits per heavy atom. The topological polar surface area (TPSA) is 52.3 Å². The molecule has 0 heterocycles. The third-order valence-corrected chi connectivity index (χ3v) is 4.53. The van der Waals surface area contributed by atoms with Crippen LogP contribution in [0.2, 0.25) is 0 Å². The highest BCUT2D eigenvalue weighted by molar-refractivity contribution is 5.70. The van der Waals surface area contributed by atoms with Crippen LogP contribution in [0.3, 0.4) is 0 Å². The molecule has 0 aliphatic heterocycles. The normalized spacial score (nSPS) is 18.5. The first-order valence-corrected chi connectivity index (χ1v) is 7.63. The van der Waals surface area contributed by atoms with E-state index in [1.807, 2.05) is 32.9 Å². The quantitative estimate of drug-likeness (QED) is 0.886. The number of fused-ring (bicyclic) bond motifs is 1. The lowest BCUT2D eigenvalue weighted by Gasteiger charge is -2.26. The maximum Gasteiger partial charge on any atom is 0.405 e. The van der Waals surface area contributed by atoms with Crippen molar-refractivity contribution >= 4 is 6.09 Å². The van der Waals surface area contributed by atoms with Gasteiger partial charge in [-0.3, -0.25) is 0 Å². The number of carbonyl (C=O) groups excluding carboxylic acids is 1. The van der Waals surface area contributed by atoms with Crippen molar-refractivity contribution in [1.82, 2.24) is 0 Å². The molecule has 0 bridgehead atoms. The Labute approximate surface area is 135 Å². The monoisotopic (exact) mass is 313 g/mol. The summed E-state index contributed by atoms with van der Waals surface area (Å²) < 4.78 is 18.9. The van der Waals surface area contributed by atoms with Crippen molar-refractivity contribution in [2.75, 3.05) is 0 Å². The molecular formula is C19H20FNO2. The number of ether oxygens (including phenoxy) is 1. The zero-order chi connectivity index (χ0) is 16.8. The van der Waals surface area contributed by atoms with E-state index in [-0.39, 0.29) is 17.3 Å². The molecule has 0 saturated heterocycles. The molecule has 3 nitrogen and oxygen atoms in total. The molecule has 4 heteroatoms. The summed E-state index contributed by atoms with van der Waals surface area (Å²) in [6.45, 7) is 6.06. The van der Waals surface area contributed by atoms with Gasteiger partial charge >= 0.3 is 6.09 Å². The molecule has 0 fully saturated rings. The number of aryl methyl sites for hydroxylation is 1. The standard InChI is InChI=1S/C19H20FNO2/c1-11-4-6-14(20)9-16(11)12-5-7-15-13(8-12)10-19(2,3)17(15)23-18(21)22/h4-9,17H,10H2,1-3H3,(H2,21,22). The number of carbonyl (C=O) groups is 1. The van der Waals surface area contributed by atoms with E-state index in [2.05, 4.69) is 6.07 Å². The molecule has 0 saturated carbocycles. The van der Waals surface area contributed by atoms with Gasteiger partial charge in [0.1, 0.15) is 11.9 Å². The highest BCUT2D eigenvalue weighted by Gasteiger charge is 2.41. The number of amides is 1. The van der Waals surface area contributed by atoms with Gasteiger partial charge in [0.15, 0.2) is 0 Å². The minimum atomic E-state index is -0.763. The van der Waals surface area contributed by atoms with Crippen LogP contribution in [0.1, 0.15) is 36.6 Å². The Hall–Kier alpha value is -2.36. The number of hydrogen-bond donors (Lipinski definition) is 1. The molecule has 3 rings (SSSR count). The van der Waals surface area contributed by atoms with E-state index < -0.39 is 6.09 Å². The van der Waals surface area contributed by atoms with Gasteiger partial charge in [-0.1, -0.05) is 38.1 Å². The molecular weight excluding hydrogens is 293 g/mol. The van der Waals surface area contributed by atoms with E-state index in [1.165, 1.54) is 6.07 Å². The largest absolute Gasteiger partial charge is 0.441 e. The van der Waals surface area contributed by atoms with E-state index >= 15 is 0 Å². The third kappa shape index (κ3) is 2.81. The van der Waals surface area contributed by atoms with Gasteiger partial charge in [0.2, 0.25) is 0 Å². The maximum atomic E-state index is 13.6. The molecule has 0 aromatic heterocycles. The first kappa shape index (κ1) is 15.5. The zero-order valence-corrected chi connectivity index (χ0v) is 13.5. The molecule has 0 radical (unpaired) electrons. The van der Waals surface area contributed by atoms with Crippen LogP contribution in [0.15, 0.2) is 36.4 Å². The molecule has 1 aliphatic carbocycles. The molecule has 120 valence electrons. The van der Waals surface area contributed by atoms with Crippen molar-refractivity contribution in [1.29, 1.82) is 0 Å². The van der Waals surface area contributed by atoms with Crippen LogP contribution in [0.5, 0.6) is 0 Å². The van der Waals surface area contributed by atoms with Crippen molar-refractivity contribution in [2.45, 2.75) is 33.3 Å². The summed E-state index contributed by atoms with van der Waals surface area (Å²) in [6, 6.07) is 10.8. The molecule has 23 heavy (non-hydrogen) atoms. The van der Waals surface area contributed by atoms with Crippen LogP contribution >= 0.6 is 0 Å². The summed E-state index contributed by atoms with van der Waals surface area (Å²) in [5.41, 5.74) is 9.95. The predicted octanol–water partition coefficient (Wildman–Crippen LogP) is 4.52. The molecule has 1 unspecified atom stereocenters. The molecule has 1 atom stereocenters. The minimum Gasteiger partial charge on any atom is -0.441 e. The Morgan fingerprint density at radius 1 is 1.26 bits per heavy atom. The molecule has 1 aliphatic rings. The Morgan fingerprint density at radius 3 is 2.70 bits per heavy atom. The van der Waals surface area contributed by atoms with Crippen LogP contribution in [0.25, 0.3) is 11.1 Å². The van der Waals surface area contributed by atoms with Gasteiger partial charge in [-0.15, -0.1) is 0 Å².